The van der Waals surface area contributed by atoms with Gasteiger partial charge in [0.1, 0.15) is 5.75 Å². The van der Waals surface area contributed by atoms with Crippen molar-refractivity contribution in [2.75, 3.05) is 20.7 Å². The van der Waals surface area contributed by atoms with E-state index in [1.807, 2.05) is 24.3 Å². The van der Waals surface area contributed by atoms with Gasteiger partial charge in [-0.1, -0.05) is 0 Å². The van der Waals surface area contributed by atoms with Gasteiger partial charge in [-0.05, 0) is 49.1 Å². The zero-order valence-electron chi connectivity index (χ0n) is 13.3. The molecule has 1 aromatic heterocycles. The molecule has 1 heterocycles. The van der Waals surface area contributed by atoms with Crippen LogP contribution < -0.4 is 4.74 Å². The van der Waals surface area contributed by atoms with E-state index in [2.05, 4.69) is 5.10 Å². The van der Waals surface area contributed by atoms with Crippen LogP contribution in [0.5, 0.6) is 5.75 Å². The highest BCUT2D eigenvalue weighted by Crippen LogP contribution is 2.32. The fraction of sp³-hybridized carbons (Fsp3) is 0.412. The van der Waals surface area contributed by atoms with Crippen molar-refractivity contribution in [2.45, 2.75) is 18.9 Å². The number of hydrogen-bond acceptors (Lipinski definition) is 4. The quantitative estimate of drug-likeness (QED) is 0.881. The molecule has 23 heavy (non-hydrogen) atoms. The number of aliphatic hydroxyl groups is 1. The molecule has 3 rings (SSSR count). The van der Waals surface area contributed by atoms with Gasteiger partial charge in [0, 0.05) is 19.8 Å². The highest BCUT2D eigenvalue weighted by molar-refractivity contribution is 5.92. The lowest BCUT2D eigenvalue weighted by Crippen LogP contribution is -2.35. The predicted octanol–water partition coefficient (Wildman–Crippen LogP) is 1.72. The number of benzene rings is 1. The number of nitrogens with zero attached hydrogens (tertiary/aromatic N) is 3. The van der Waals surface area contributed by atoms with Crippen molar-refractivity contribution in [3.05, 3.63) is 42.2 Å². The molecule has 1 fully saturated rings. The molecular formula is C17H21N3O3. The highest BCUT2D eigenvalue weighted by atomic mass is 16.5. The van der Waals surface area contributed by atoms with Gasteiger partial charge >= 0.3 is 0 Å². The van der Waals surface area contributed by atoms with Crippen LogP contribution in [0.15, 0.2) is 36.5 Å². The number of amides is 1. The van der Waals surface area contributed by atoms with Gasteiger partial charge in [-0.2, -0.15) is 5.10 Å². The Balaban J connectivity index is 1.68. The molecule has 122 valence electrons. The van der Waals surface area contributed by atoms with E-state index in [0.717, 1.165) is 24.3 Å². The molecule has 0 saturated heterocycles. The Labute approximate surface area is 135 Å². The number of aromatic nitrogens is 2. The Morgan fingerprint density at radius 1 is 1.39 bits per heavy atom. The second-order valence-electron chi connectivity index (χ2n) is 5.93. The van der Waals surface area contributed by atoms with Crippen LogP contribution in [0, 0.1) is 5.92 Å². The van der Waals surface area contributed by atoms with E-state index in [0.29, 0.717) is 18.2 Å². The number of rotatable bonds is 6. The maximum Gasteiger partial charge on any atom is 0.274 e. The molecule has 1 aromatic carbocycles. The van der Waals surface area contributed by atoms with Gasteiger partial charge in [-0.15, -0.1) is 0 Å². The number of likely N-dealkylation sites (N-methyl/N-ethyl adjacent to an activating group) is 1. The van der Waals surface area contributed by atoms with Crippen molar-refractivity contribution in [1.29, 1.82) is 0 Å². The van der Waals surface area contributed by atoms with Gasteiger partial charge in [0.25, 0.3) is 5.91 Å². The lowest BCUT2D eigenvalue weighted by Gasteiger charge is -2.19. The number of methoxy groups -OCH3 is 1. The summed E-state index contributed by atoms with van der Waals surface area (Å²) in [6, 6.07) is 9.13. The number of ether oxygens (including phenoxy) is 1. The van der Waals surface area contributed by atoms with Crippen molar-refractivity contribution in [3.63, 3.8) is 0 Å². The average molecular weight is 315 g/mol. The predicted molar refractivity (Wildman–Crippen MR) is 85.8 cm³/mol. The maximum absolute atomic E-state index is 12.4. The number of hydrogen-bond donors (Lipinski definition) is 1. The zero-order chi connectivity index (χ0) is 16.4. The molecule has 1 saturated carbocycles. The fourth-order valence-corrected chi connectivity index (χ4v) is 2.51. The van der Waals surface area contributed by atoms with Crippen LogP contribution in [-0.4, -0.2) is 52.5 Å². The van der Waals surface area contributed by atoms with Crippen LogP contribution >= 0.6 is 0 Å². The van der Waals surface area contributed by atoms with Crippen molar-refractivity contribution >= 4 is 5.91 Å². The van der Waals surface area contributed by atoms with Gasteiger partial charge in [-0.25, -0.2) is 4.68 Å². The van der Waals surface area contributed by atoms with E-state index < -0.39 is 6.10 Å². The minimum absolute atomic E-state index is 0.183. The van der Waals surface area contributed by atoms with Crippen LogP contribution in [0.3, 0.4) is 0 Å². The Morgan fingerprint density at radius 2 is 2.09 bits per heavy atom. The van der Waals surface area contributed by atoms with Gasteiger partial charge in [-0.3, -0.25) is 4.79 Å². The van der Waals surface area contributed by atoms with Crippen molar-refractivity contribution in [3.8, 4) is 11.4 Å². The van der Waals surface area contributed by atoms with Crippen LogP contribution in [-0.2, 0) is 0 Å². The van der Waals surface area contributed by atoms with Crippen LogP contribution in [0.1, 0.15) is 23.3 Å². The summed E-state index contributed by atoms with van der Waals surface area (Å²) in [6.07, 6.45) is 3.41. The lowest BCUT2D eigenvalue weighted by molar-refractivity contribution is 0.0640. The second kappa shape index (κ2) is 6.42. The van der Waals surface area contributed by atoms with Crippen LogP contribution in [0.4, 0.5) is 0 Å². The van der Waals surface area contributed by atoms with E-state index in [-0.39, 0.29) is 5.91 Å². The molecule has 6 heteroatoms. The molecule has 1 N–H and O–H groups in total. The van der Waals surface area contributed by atoms with Gasteiger partial charge < -0.3 is 14.7 Å². The van der Waals surface area contributed by atoms with Gasteiger partial charge in [0.05, 0.1) is 18.9 Å². The minimum Gasteiger partial charge on any atom is -0.497 e. The summed E-state index contributed by atoms with van der Waals surface area (Å²) in [7, 11) is 3.31. The highest BCUT2D eigenvalue weighted by Gasteiger charge is 2.31. The molecule has 0 aliphatic heterocycles. The van der Waals surface area contributed by atoms with Gasteiger partial charge in [0.15, 0.2) is 5.69 Å². The molecule has 0 spiro atoms. The molecule has 1 unspecified atom stereocenters. The monoisotopic (exact) mass is 315 g/mol. The normalized spacial score (nSPS) is 15.3. The maximum atomic E-state index is 12.4. The molecule has 1 atom stereocenters. The summed E-state index contributed by atoms with van der Waals surface area (Å²) in [4.78, 5) is 13.9. The zero-order valence-corrected chi connectivity index (χ0v) is 13.3. The standard InChI is InChI=1S/C17H21N3O3/c1-19(11-16(21)12-3-4-12)17(22)15-9-10-20(18-15)13-5-7-14(23-2)8-6-13/h5-10,12,16,21H,3-4,11H2,1-2H3. The molecule has 1 aliphatic carbocycles. The number of carbonyl (C=O) groups excluding carboxylic acids is 1. The summed E-state index contributed by atoms with van der Waals surface area (Å²) in [6.45, 7) is 0.346. The lowest BCUT2D eigenvalue weighted by atomic mass is 10.2. The molecule has 1 aliphatic rings. The van der Waals surface area contributed by atoms with E-state index in [9.17, 15) is 9.90 Å². The summed E-state index contributed by atoms with van der Waals surface area (Å²) in [5.41, 5.74) is 1.22. The van der Waals surface area contributed by atoms with Crippen LogP contribution in [0.2, 0.25) is 0 Å². The molecule has 0 bridgehead atoms. The number of carbonyl (C=O) groups is 1. The van der Waals surface area contributed by atoms with Crippen molar-refractivity contribution < 1.29 is 14.6 Å². The third kappa shape index (κ3) is 3.53. The molecule has 0 radical (unpaired) electrons. The van der Waals surface area contributed by atoms with Gasteiger partial charge in [0.2, 0.25) is 0 Å². The first-order chi connectivity index (χ1) is 11.1. The Morgan fingerprint density at radius 3 is 2.70 bits per heavy atom. The van der Waals surface area contributed by atoms with Crippen molar-refractivity contribution in [1.82, 2.24) is 14.7 Å². The first-order valence-corrected chi connectivity index (χ1v) is 7.72. The molecule has 1 amide bonds. The van der Waals surface area contributed by atoms with E-state index >= 15 is 0 Å². The van der Waals surface area contributed by atoms with Crippen LogP contribution in [0.25, 0.3) is 5.69 Å². The Bertz CT molecular complexity index is 677. The SMILES string of the molecule is COc1ccc(-n2ccc(C(=O)N(C)CC(O)C3CC3)n2)cc1. The molecule has 2 aromatic rings. The molecule has 6 nitrogen and oxygen atoms in total. The average Bonchev–Trinajstić information content (AvgIpc) is 3.31. The summed E-state index contributed by atoms with van der Waals surface area (Å²) < 4.78 is 6.78. The topological polar surface area (TPSA) is 67.6 Å². The minimum atomic E-state index is -0.437. The van der Waals surface area contributed by atoms with Crippen molar-refractivity contribution in [2.24, 2.45) is 5.92 Å². The first kappa shape index (κ1) is 15.6. The third-order valence-electron chi connectivity index (χ3n) is 4.12. The largest absolute Gasteiger partial charge is 0.497 e. The summed E-state index contributed by atoms with van der Waals surface area (Å²) >= 11 is 0. The smallest absolute Gasteiger partial charge is 0.274 e. The van der Waals surface area contributed by atoms with E-state index in [1.54, 1.807) is 31.1 Å². The third-order valence-corrected chi connectivity index (χ3v) is 4.12. The second-order valence-corrected chi connectivity index (χ2v) is 5.93. The first-order valence-electron chi connectivity index (χ1n) is 7.72. The van der Waals surface area contributed by atoms with E-state index in [4.69, 9.17) is 4.74 Å². The molecular weight excluding hydrogens is 294 g/mol. The number of aliphatic hydroxyl groups excluding tert-OH is 1. The Kier molecular flexibility index (Phi) is 4.34. The summed E-state index contributed by atoms with van der Waals surface area (Å²) in [5, 5.41) is 14.3. The summed E-state index contributed by atoms with van der Waals surface area (Å²) in [5.74, 6) is 0.935. The van der Waals surface area contributed by atoms with E-state index in [1.165, 1.54) is 4.90 Å². The fourth-order valence-electron chi connectivity index (χ4n) is 2.51. The Hall–Kier alpha value is -2.34.